The summed E-state index contributed by atoms with van der Waals surface area (Å²) in [5.41, 5.74) is 1.71. The van der Waals surface area contributed by atoms with E-state index in [2.05, 4.69) is 28.4 Å². The summed E-state index contributed by atoms with van der Waals surface area (Å²) in [5.74, 6) is 9.99. The van der Waals surface area contributed by atoms with Crippen LogP contribution in [0.15, 0.2) is 48.5 Å². The lowest BCUT2D eigenvalue weighted by atomic mass is 9.96. The molecule has 2 atom stereocenters. The molecule has 0 spiro atoms. The first-order chi connectivity index (χ1) is 14.8. The van der Waals surface area contributed by atoms with Crippen molar-refractivity contribution >= 4 is 38.9 Å². The first-order valence-electron chi connectivity index (χ1n) is 9.51. The Balaban J connectivity index is 0. The first kappa shape index (κ1) is 32.0. The third kappa shape index (κ3) is 12.4. The summed E-state index contributed by atoms with van der Waals surface area (Å²) in [6.45, 7) is 3.40. The Morgan fingerprint density at radius 3 is 1.45 bits per heavy atom. The molecule has 2 aromatic rings. The minimum absolute atomic E-state index is 0. The number of aliphatic carboxylic acids is 1. The fraction of sp³-hybridized carbons (Fsp3) is 0.280. The van der Waals surface area contributed by atoms with E-state index in [-0.39, 0.29) is 69.1 Å². The van der Waals surface area contributed by atoms with Gasteiger partial charge in [0.1, 0.15) is 11.5 Å². The molecule has 0 fully saturated rings. The van der Waals surface area contributed by atoms with Crippen molar-refractivity contribution in [3.63, 3.8) is 0 Å². The summed E-state index contributed by atoms with van der Waals surface area (Å²) in [5, 5.41) is 27.0. The number of hydrogen-bond donors (Lipinski definition) is 3. The quantitative estimate of drug-likeness (QED) is 0.413. The Morgan fingerprint density at radius 2 is 1.15 bits per heavy atom. The van der Waals surface area contributed by atoms with E-state index in [1.807, 2.05) is 0 Å². The summed E-state index contributed by atoms with van der Waals surface area (Å²) < 4.78 is 4.62. The second-order valence-electron chi connectivity index (χ2n) is 6.46. The molecule has 8 heteroatoms. The maximum Gasteiger partial charge on any atom is 0.307 e. The van der Waals surface area contributed by atoms with Crippen LogP contribution in [0.25, 0.3) is 0 Å². The van der Waals surface area contributed by atoms with Crippen molar-refractivity contribution in [1.29, 1.82) is 0 Å². The number of phenols is 2. The van der Waals surface area contributed by atoms with Gasteiger partial charge >= 0.3 is 11.9 Å². The minimum Gasteiger partial charge on any atom is -0.508 e. The predicted molar refractivity (Wildman–Crippen MR) is 138 cm³/mol. The molecule has 0 heterocycles. The molecule has 0 aliphatic carbocycles. The molecule has 0 bridgehead atoms. The smallest absolute Gasteiger partial charge is 0.307 e. The second kappa shape index (κ2) is 17.4. The van der Waals surface area contributed by atoms with Crippen molar-refractivity contribution in [3.8, 4) is 35.2 Å². The highest BCUT2D eigenvalue weighted by molar-refractivity contribution is 7.59. The molecule has 0 saturated heterocycles. The van der Waals surface area contributed by atoms with Gasteiger partial charge in [-0.2, -0.15) is 27.0 Å². The molecule has 2 aromatic carbocycles. The van der Waals surface area contributed by atoms with Crippen molar-refractivity contribution in [2.75, 3.05) is 7.11 Å². The highest BCUT2D eigenvalue weighted by atomic mass is 32.1. The topological polar surface area (TPSA) is 104 Å². The van der Waals surface area contributed by atoms with Crippen molar-refractivity contribution in [1.82, 2.24) is 0 Å². The van der Waals surface area contributed by atoms with Gasteiger partial charge in [0, 0.05) is 0 Å². The number of esters is 1. The van der Waals surface area contributed by atoms with Crippen LogP contribution in [0.1, 0.15) is 49.7 Å². The molecule has 178 valence electrons. The molecule has 0 unspecified atom stereocenters. The standard InChI is InChI=1S/C13H14O3.C12H12O3.2H2S/c1-3-4-11(9-13(15)16-2)10-5-7-12(14)8-6-10;1-2-3-10(8-12(14)15)9-4-6-11(13)7-5-9;;/h5-8,11,14H,9H2,1-2H3;4-7,10,13H,8H2,1H3,(H,14,15);2*1H2/t11-;10-;;/m00../s1. The number of benzene rings is 2. The van der Waals surface area contributed by atoms with Gasteiger partial charge in [-0.05, 0) is 49.2 Å². The molecule has 6 nitrogen and oxygen atoms in total. The van der Waals surface area contributed by atoms with Crippen molar-refractivity contribution in [3.05, 3.63) is 59.7 Å². The number of hydrogen-bond acceptors (Lipinski definition) is 5. The molecule has 0 radical (unpaired) electrons. The molecular weight excluding hydrogens is 460 g/mol. The maximum atomic E-state index is 11.2. The molecular formula is C25H30O6S2. The average molecular weight is 491 g/mol. The molecule has 0 aromatic heterocycles. The fourth-order valence-corrected chi connectivity index (χ4v) is 2.69. The monoisotopic (exact) mass is 490 g/mol. The van der Waals surface area contributed by atoms with E-state index in [0.29, 0.717) is 0 Å². The zero-order valence-corrected chi connectivity index (χ0v) is 20.8. The van der Waals surface area contributed by atoms with Gasteiger partial charge in [-0.15, -0.1) is 11.8 Å². The summed E-state index contributed by atoms with van der Waals surface area (Å²) in [6, 6.07) is 13.1. The van der Waals surface area contributed by atoms with Gasteiger partial charge in [0.25, 0.3) is 0 Å². The maximum absolute atomic E-state index is 11.2. The van der Waals surface area contributed by atoms with Crippen LogP contribution in [0.5, 0.6) is 11.5 Å². The highest BCUT2D eigenvalue weighted by Gasteiger charge is 2.14. The van der Waals surface area contributed by atoms with E-state index in [4.69, 9.17) is 15.3 Å². The first-order valence-corrected chi connectivity index (χ1v) is 9.51. The van der Waals surface area contributed by atoms with E-state index in [1.165, 1.54) is 19.2 Å². The summed E-state index contributed by atoms with van der Waals surface area (Å²) in [7, 11) is 1.36. The van der Waals surface area contributed by atoms with E-state index in [1.54, 1.807) is 50.2 Å². The second-order valence-corrected chi connectivity index (χ2v) is 6.46. The Hall–Kier alpha value is -3.20. The molecule has 2 rings (SSSR count). The van der Waals surface area contributed by atoms with E-state index < -0.39 is 5.97 Å². The number of carboxylic acid groups (broad SMARTS) is 1. The van der Waals surface area contributed by atoms with Crippen molar-refractivity contribution < 1.29 is 29.6 Å². The number of carbonyl (C=O) groups is 2. The number of rotatable bonds is 6. The molecule has 3 N–H and O–H groups in total. The molecule has 0 aliphatic heterocycles. The van der Waals surface area contributed by atoms with Crippen LogP contribution in [0, 0.1) is 23.7 Å². The Morgan fingerprint density at radius 1 is 0.788 bits per heavy atom. The predicted octanol–water partition coefficient (Wildman–Crippen LogP) is 4.26. The van der Waals surface area contributed by atoms with Crippen LogP contribution in [0.2, 0.25) is 0 Å². The Labute approximate surface area is 208 Å². The fourth-order valence-electron chi connectivity index (χ4n) is 2.69. The Kier molecular flexibility index (Phi) is 16.8. The SMILES string of the molecule is CC#C[C@@H](CC(=O)O)c1ccc(O)cc1.CC#C[C@@H](CC(=O)OC)c1ccc(O)cc1.S.S. The number of methoxy groups -OCH3 is 1. The largest absolute Gasteiger partial charge is 0.508 e. The zero-order chi connectivity index (χ0) is 23.2. The molecule has 0 amide bonds. The van der Waals surface area contributed by atoms with E-state index in [0.717, 1.165) is 11.1 Å². The summed E-state index contributed by atoms with van der Waals surface area (Å²) >= 11 is 0. The minimum atomic E-state index is -0.879. The molecule has 0 aliphatic rings. The van der Waals surface area contributed by atoms with Crippen molar-refractivity contribution in [2.45, 2.75) is 38.5 Å². The van der Waals surface area contributed by atoms with Crippen LogP contribution < -0.4 is 0 Å². The van der Waals surface area contributed by atoms with Gasteiger partial charge in [0.05, 0.1) is 31.8 Å². The van der Waals surface area contributed by atoms with Gasteiger partial charge in [-0.1, -0.05) is 36.1 Å². The highest BCUT2D eigenvalue weighted by Crippen LogP contribution is 2.22. The number of aromatic hydroxyl groups is 2. The Bertz CT molecular complexity index is 980. The van der Waals surface area contributed by atoms with Gasteiger partial charge in [0.15, 0.2) is 0 Å². The number of carboxylic acids is 1. The average Bonchev–Trinajstić information content (AvgIpc) is 2.74. The third-order valence-electron chi connectivity index (χ3n) is 4.21. The lowest BCUT2D eigenvalue weighted by Crippen LogP contribution is -2.07. The van der Waals surface area contributed by atoms with Gasteiger partial charge in [-0.25, -0.2) is 0 Å². The summed E-state index contributed by atoms with van der Waals surface area (Å²) in [4.78, 5) is 21.8. The van der Waals surface area contributed by atoms with Crippen LogP contribution in [-0.4, -0.2) is 34.4 Å². The molecule has 33 heavy (non-hydrogen) atoms. The van der Waals surface area contributed by atoms with E-state index in [9.17, 15) is 9.59 Å². The lowest BCUT2D eigenvalue weighted by Gasteiger charge is -2.09. The third-order valence-corrected chi connectivity index (χ3v) is 4.21. The number of ether oxygens (including phenoxy) is 1. The van der Waals surface area contributed by atoms with Gasteiger partial charge < -0.3 is 20.1 Å². The lowest BCUT2D eigenvalue weighted by molar-refractivity contribution is -0.141. The van der Waals surface area contributed by atoms with Gasteiger partial charge in [-0.3, -0.25) is 9.59 Å². The van der Waals surface area contributed by atoms with Crippen LogP contribution in [-0.2, 0) is 14.3 Å². The van der Waals surface area contributed by atoms with Crippen molar-refractivity contribution in [2.24, 2.45) is 0 Å². The number of carbonyl (C=O) groups excluding carboxylic acids is 1. The normalized spacial score (nSPS) is 10.5. The van der Waals surface area contributed by atoms with Gasteiger partial charge in [0.2, 0.25) is 0 Å². The zero-order valence-electron chi connectivity index (χ0n) is 18.8. The van der Waals surface area contributed by atoms with Crippen LogP contribution in [0.4, 0.5) is 0 Å². The molecule has 0 saturated carbocycles. The summed E-state index contributed by atoms with van der Waals surface area (Å²) in [6.07, 6.45) is 0.202. The van der Waals surface area contributed by atoms with E-state index >= 15 is 0 Å². The number of phenolic OH excluding ortho intramolecular Hbond substituents is 2. The van der Waals surface area contributed by atoms with Crippen LogP contribution in [0.3, 0.4) is 0 Å². The van der Waals surface area contributed by atoms with Crippen LogP contribution >= 0.6 is 27.0 Å².